The van der Waals surface area contributed by atoms with Crippen LogP contribution in [0.4, 0.5) is 4.39 Å². The average molecular weight is 364 g/mol. The Balaban J connectivity index is 0.00000200. The summed E-state index contributed by atoms with van der Waals surface area (Å²) < 4.78 is 39.4. The highest BCUT2D eigenvalue weighted by Gasteiger charge is 2.32. The Kier molecular flexibility index (Phi) is 6.07. The summed E-state index contributed by atoms with van der Waals surface area (Å²) in [6.07, 6.45) is 0. The van der Waals surface area contributed by atoms with Gasteiger partial charge in [-0.1, -0.05) is 23.2 Å². The monoisotopic (exact) mass is 362 g/mol. The Bertz CT molecular complexity index is 574. The number of hydrogen-bond acceptors (Lipinski definition) is 3. The van der Waals surface area contributed by atoms with Gasteiger partial charge in [0, 0.05) is 25.7 Å². The first-order chi connectivity index (χ1) is 8.82. The highest BCUT2D eigenvalue weighted by atomic mass is 35.5. The Morgan fingerprint density at radius 1 is 1.35 bits per heavy atom. The lowest BCUT2D eigenvalue weighted by molar-refractivity contribution is 0.310. The predicted octanol–water partition coefficient (Wildman–Crippen LogP) is 2.54. The third-order valence-corrected chi connectivity index (χ3v) is 5.68. The van der Waals surface area contributed by atoms with E-state index < -0.39 is 15.8 Å². The molecule has 0 aliphatic carbocycles. The number of hydrogen-bond donors (Lipinski definition) is 1. The van der Waals surface area contributed by atoms with Crippen LogP contribution in [0, 0.1) is 5.82 Å². The minimum absolute atomic E-state index is 0. The van der Waals surface area contributed by atoms with Crippen molar-refractivity contribution in [2.75, 3.05) is 19.6 Å². The Labute approximate surface area is 133 Å². The van der Waals surface area contributed by atoms with E-state index in [1.165, 1.54) is 4.31 Å². The molecule has 2 rings (SSSR count). The maximum atomic E-state index is 13.1. The minimum atomic E-state index is -3.81. The molecular weight excluding hydrogens is 350 g/mol. The zero-order chi connectivity index (χ0) is 14.2. The van der Waals surface area contributed by atoms with Crippen molar-refractivity contribution in [3.63, 3.8) is 0 Å². The highest BCUT2D eigenvalue weighted by Crippen LogP contribution is 2.32. The molecular formula is C11H14Cl3FN2O2S. The van der Waals surface area contributed by atoms with Crippen molar-refractivity contribution in [2.24, 2.45) is 0 Å². The first kappa shape index (κ1) is 17.9. The van der Waals surface area contributed by atoms with Crippen molar-refractivity contribution in [1.29, 1.82) is 0 Å². The van der Waals surface area contributed by atoms with Crippen molar-refractivity contribution in [2.45, 2.75) is 17.9 Å². The number of sulfonamides is 1. The normalized spacial score (nSPS) is 20.5. The zero-order valence-electron chi connectivity index (χ0n) is 10.6. The molecule has 1 saturated heterocycles. The standard InChI is InChI=1S/C11H13Cl2FN2O2S.ClH/c1-7-6-16(3-2-15-7)19(17,18)11-9(12)4-8(14)5-10(11)13;/h4-5,7,15H,2-3,6H2,1H3;1H/t7-;/m0./s1. The Morgan fingerprint density at radius 3 is 2.40 bits per heavy atom. The van der Waals surface area contributed by atoms with E-state index in [4.69, 9.17) is 23.2 Å². The van der Waals surface area contributed by atoms with Crippen LogP contribution in [0.2, 0.25) is 10.0 Å². The molecule has 20 heavy (non-hydrogen) atoms. The van der Waals surface area contributed by atoms with Gasteiger partial charge in [0.2, 0.25) is 10.0 Å². The summed E-state index contributed by atoms with van der Waals surface area (Å²) in [4.78, 5) is -0.230. The van der Waals surface area contributed by atoms with Crippen LogP contribution in [-0.4, -0.2) is 38.4 Å². The van der Waals surface area contributed by atoms with Crippen molar-refractivity contribution in [3.05, 3.63) is 28.0 Å². The van der Waals surface area contributed by atoms with Crippen molar-refractivity contribution in [1.82, 2.24) is 9.62 Å². The SMILES string of the molecule is C[C@H]1CN(S(=O)(=O)c2c(Cl)cc(F)cc2Cl)CCN1.Cl. The van der Waals surface area contributed by atoms with E-state index in [-0.39, 0.29) is 33.4 Å². The van der Waals surface area contributed by atoms with Crippen LogP contribution in [0.15, 0.2) is 17.0 Å². The van der Waals surface area contributed by atoms with Crippen LogP contribution in [0.25, 0.3) is 0 Å². The number of benzene rings is 1. The zero-order valence-corrected chi connectivity index (χ0v) is 13.7. The molecule has 0 radical (unpaired) electrons. The van der Waals surface area contributed by atoms with Crippen LogP contribution in [0.5, 0.6) is 0 Å². The van der Waals surface area contributed by atoms with E-state index in [0.717, 1.165) is 12.1 Å². The van der Waals surface area contributed by atoms with Gasteiger partial charge in [-0.25, -0.2) is 12.8 Å². The fraction of sp³-hybridized carbons (Fsp3) is 0.455. The van der Waals surface area contributed by atoms with Crippen LogP contribution in [0.3, 0.4) is 0 Å². The molecule has 9 heteroatoms. The van der Waals surface area contributed by atoms with Gasteiger partial charge in [-0.15, -0.1) is 12.4 Å². The minimum Gasteiger partial charge on any atom is -0.312 e. The lowest BCUT2D eigenvalue weighted by atomic mass is 10.3. The van der Waals surface area contributed by atoms with E-state index in [1.807, 2.05) is 6.92 Å². The molecule has 1 fully saturated rings. The topological polar surface area (TPSA) is 49.4 Å². The maximum absolute atomic E-state index is 13.1. The average Bonchev–Trinajstić information content (AvgIpc) is 2.26. The van der Waals surface area contributed by atoms with Gasteiger partial charge < -0.3 is 5.32 Å². The molecule has 1 aliphatic heterocycles. The second-order valence-electron chi connectivity index (χ2n) is 4.42. The van der Waals surface area contributed by atoms with Crippen LogP contribution in [0.1, 0.15) is 6.92 Å². The second kappa shape index (κ2) is 6.77. The molecule has 1 N–H and O–H groups in total. The molecule has 1 aliphatic rings. The molecule has 1 aromatic rings. The summed E-state index contributed by atoms with van der Waals surface area (Å²) in [7, 11) is -3.81. The molecule has 0 spiro atoms. The summed E-state index contributed by atoms with van der Waals surface area (Å²) >= 11 is 11.7. The van der Waals surface area contributed by atoms with Gasteiger partial charge in [0.05, 0.1) is 10.0 Å². The summed E-state index contributed by atoms with van der Waals surface area (Å²) in [5.74, 6) is -0.664. The summed E-state index contributed by atoms with van der Waals surface area (Å²) in [5, 5.41) is 2.75. The summed E-state index contributed by atoms with van der Waals surface area (Å²) in [5.41, 5.74) is 0. The van der Waals surface area contributed by atoms with Crippen LogP contribution >= 0.6 is 35.6 Å². The molecule has 1 aromatic carbocycles. The molecule has 1 atom stereocenters. The molecule has 0 saturated carbocycles. The van der Waals surface area contributed by atoms with Gasteiger partial charge in [-0.3, -0.25) is 0 Å². The van der Waals surface area contributed by atoms with E-state index in [9.17, 15) is 12.8 Å². The predicted molar refractivity (Wildman–Crippen MR) is 79.9 cm³/mol. The molecule has 0 amide bonds. The molecule has 1 heterocycles. The maximum Gasteiger partial charge on any atom is 0.246 e. The molecule has 0 bridgehead atoms. The van der Waals surface area contributed by atoms with E-state index >= 15 is 0 Å². The molecule has 0 aromatic heterocycles. The number of piperazine rings is 1. The molecule has 0 unspecified atom stereocenters. The second-order valence-corrected chi connectivity index (χ2v) is 7.11. The van der Waals surface area contributed by atoms with Crippen molar-refractivity contribution < 1.29 is 12.8 Å². The quantitative estimate of drug-likeness (QED) is 0.878. The molecule has 4 nitrogen and oxygen atoms in total. The smallest absolute Gasteiger partial charge is 0.246 e. The fourth-order valence-electron chi connectivity index (χ4n) is 2.02. The number of nitrogens with one attached hydrogen (secondary N) is 1. The van der Waals surface area contributed by atoms with Gasteiger partial charge in [0.25, 0.3) is 0 Å². The van der Waals surface area contributed by atoms with E-state index in [0.29, 0.717) is 19.6 Å². The third-order valence-electron chi connectivity index (χ3n) is 2.89. The number of halogens is 4. The van der Waals surface area contributed by atoms with Gasteiger partial charge in [0.1, 0.15) is 10.7 Å². The third kappa shape index (κ3) is 3.55. The van der Waals surface area contributed by atoms with Gasteiger partial charge >= 0.3 is 0 Å². The lowest BCUT2D eigenvalue weighted by Crippen LogP contribution is -2.51. The van der Waals surface area contributed by atoms with Gasteiger partial charge in [-0.05, 0) is 19.1 Å². The Morgan fingerprint density at radius 2 is 1.90 bits per heavy atom. The van der Waals surface area contributed by atoms with Crippen molar-refractivity contribution >= 4 is 45.6 Å². The Hall–Kier alpha value is -0.110. The van der Waals surface area contributed by atoms with E-state index in [1.54, 1.807) is 0 Å². The largest absolute Gasteiger partial charge is 0.312 e. The van der Waals surface area contributed by atoms with Crippen LogP contribution in [-0.2, 0) is 10.0 Å². The number of rotatable bonds is 2. The van der Waals surface area contributed by atoms with Crippen molar-refractivity contribution in [3.8, 4) is 0 Å². The van der Waals surface area contributed by atoms with E-state index in [2.05, 4.69) is 5.32 Å². The lowest BCUT2D eigenvalue weighted by Gasteiger charge is -2.31. The van der Waals surface area contributed by atoms with Crippen LogP contribution < -0.4 is 5.32 Å². The number of nitrogens with zero attached hydrogens (tertiary/aromatic N) is 1. The fourth-order valence-corrected chi connectivity index (χ4v) is 4.69. The van der Waals surface area contributed by atoms with Gasteiger partial charge in [-0.2, -0.15) is 4.31 Å². The first-order valence-corrected chi connectivity index (χ1v) is 7.90. The molecule has 114 valence electrons. The highest BCUT2D eigenvalue weighted by molar-refractivity contribution is 7.89. The van der Waals surface area contributed by atoms with Gasteiger partial charge in [0.15, 0.2) is 0 Å². The summed E-state index contributed by atoms with van der Waals surface area (Å²) in [6, 6.07) is 1.94. The summed E-state index contributed by atoms with van der Waals surface area (Å²) in [6.45, 7) is 3.09. The first-order valence-electron chi connectivity index (χ1n) is 5.70.